The molecule has 0 saturated carbocycles. The number of aromatic nitrogens is 2. The molecule has 1 N–H and O–H groups in total. The van der Waals surface area contributed by atoms with E-state index in [2.05, 4.69) is 10.4 Å². The number of carbonyl (C=O) groups is 1. The Bertz CT molecular complexity index is 1060. The van der Waals surface area contributed by atoms with Crippen molar-refractivity contribution in [3.8, 4) is 0 Å². The van der Waals surface area contributed by atoms with Crippen molar-refractivity contribution in [2.45, 2.75) is 6.54 Å². The Labute approximate surface area is 164 Å². The van der Waals surface area contributed by atoms with Crippen LogP contribution in [0.15, 0.2) is 60.8 Å². The van der Waals surface area contributed by atoms with Crippen molar-refractivity contribution < 1.29 is 14.1 Å². The fourth-order valence-corrected chi connectivity index (χ4v) is 2.65. The van der Waals surface area contributed by atoms with Gasteiger partial charge in [-0.1, -0.05) is 29.8 Å². The SMILES string of the molecule is O=C(/C=C/c1cccc([N+](=O)[O-])c1)Nc1ccn(Cc2ccc(F)cc2Cl)n1. The summed E-state index contributed by atoms with van der Waals surface area (Å²) in [5.41, 5.74) is 1.16. The normalized spacial score (nSPS) is 10.9. The van der Waals surface area contributed by atoms with Crippen LogP contribution in [-0.4, -0.2) is 20.6 Å². The average Bonchev–Trinajstić information content (AvgIpc) is 3.09. The molecule has 0 aliphatic carbocycles. The molecule has 0 unspecified atom stereocenters. The Balaban J connectivity index is 1.62. The van der Waals surface area contributed by atoms with E-state index in [9.17, 15) is 19.3 Å². The largest absolute Gasteiger partial charge is 0.306 e. The number of hydrogen-bond acceptors (Lipinski definition) is 4. The lowest BCUT2D eigenvalue weighted by molar-refractivity contribution is -0.384. The molecular formula is C19H14ClFN4O3. The van der Waals surface area contributed by atoms with Gasteiger partial charge in [0.1, 0.15) is 5.82 Å². The highest BCUT2D eigenvalue weighted by molar-refractivity contribution is 6.31. The standard InChI is InChI=1S/C19H14ClFN4O3/c20-17-11-15(21)6-5-14(17)12-24-9-8-18(23-24)22-19(26)7-4-13-2-1-3-16(10-13)25(27)28/h1-11H,12H2,(H,22,23,26)/b7-4+. The number of nitro benzene ring substituents is 1. The molecule has 0 aliphatic heterocycles. The highest BCUT2D eigenvalue weighted by Crippen LogP contribution is 2.19. The zero-order chi connectivity index (χ0) is 20.1. The number of benzene rings is 2. The third-order valence-corrected chi connectivity index (χ3v) is 4.10. The van der Waals surface area contributed by atoms with Gasteiger partial charge in [-0.3, -0.25) is 19.6 Å². The number of hydrogen-bond donors (Lipinski definition) is 1. The zero-order valence-electron chi connectivity index (χ0n) is 14.4. The Morgan fingerprint density at radius 2 is 2.11 bits per heavy atom. The number of anilines is 1. The van der Waals surface area contributed by atoms with Crippen LogP contribution in [0.3, 0.4) is 0 Å². The molecule has 9 heteroatoms. The maximum atomic E-state index is 13.1. The fourth-order valence-electron chi connectivity index (χ4n) is 2.42. The molecule has 142 valence electrons. The summed E-state index contributed by atoms with van der Waals surface area (Å²) in [7, 11) is 0. The lowest BCUT2D eigenvalue weighted by Gasteiger charge is -2.04. The molecule has 3 aromatic rings. The van der Waals surface area contributed by atoms with Crippen LogP contribution >= 0.6 is 11.6 Å². The summed E-state index contributed by atoms with van der Waals surface area (Å²) < 4.78 is 14.7. The van der Waals surface area contributed by atoms with Crippen molar-refractivity contribution in [2.24, 2.45) is 0 Å². The highest BCUT2D eigenvalue weighted by Gasteiger charge is 2.07. The maximum Gasteiger partial charge on any atom is 0.270 e. The average molecular weight is 401 g/mol. The van der Waals surface area contributed by atoms with E-state index in [4.69, 9.17) is 11.6 Å². The van der Waals surface area contributed by atoms with Gasteiger partial charge in [0.2, 0.25) is 5.91 Å². The summed E-state index contributed by atoms with van der Waals surface area (Å²) in [6, 6.07) is 11.6. The summed E-state index contributed by atoms with van der Waals surface area (Å²) >= 11 is 6.00. The van der Waals surface area contributed by atoms with E-state index < -0.39 is 16.6 Å². The van der Waals surface area contributed by atoms with Crippen LogP contribution in [0.5, 0.6) is 0 Å². The quantitative estimate of drug-likeness (QED) is 0.380. The van der Waals surface area contributed by atoms with Gasteiger partial charge < -0.3 is 5.32 Å². The molecule has 0 saturated heterocycles. The molecule has 0 radical (unpaired) electrons. The van der Waals surface area contributed by atoms with Crippen LogP contribution in [0.1, 0.15) is 11.1 Å². The first kappa shape index (κ1) is 19.2. The lowest BCUT2D eigenvalue weighted by Crippen LogP contribution is -2.09. The van der Waals surface area contributed by atoms with E-state index >= 15 is 0 Å². The molecule has 0 aliphatic rings. The van der Waals surface area contributed by atoms with E-state index in [0.29, 0.717) is 28.5 Å². The third kappa shape index (κ3) is 5.01. The number of rotatable bonds is 6. The Kier molecular flexibility index (Phi) is 5.81. The van der Waals surface area contributed by atoms with Crippen molar-refractivity contribution >= 4 is 35.1 Å². The van der Waals surface area contributed by atoms with Gasteiger partial charge in [0.15, 0.2) is 5.82 Å². The number of nitrogens with one attached hydrogen (secondary N) is 1. The first-order valence-electron chi connectivity index (χ1n) is 8.11. The van der Waals surface area contributed by atoms with E-state index in [-0.39, 0.29) is 5.69 Å². The van der Waals surface area contributed by atoms with E-state index in [0.717, 1.165) is 0 Å². The second-order valence-electron chi connectivity index (χ2n) is 5.81. The van der Waals surface area contributed by atoms with Gasteiger partial charge in [0.25, 0.3) is 5.69 Å². The predicted molar refractivity (Wildman–Crippen MR) is 103 cm³/mol. The summed E-state index contributed by atoms with van der Waals surface area (Å²) in [6.45, 7) is 0.318. The topological polar surface area (TPSA) is 90.1 Å². The van der Waals surface area contributed by atoms with Gasteiger partial charge in [-0.25, -0.2) is 4.39 Å². The highest BCUT2D eigenvalue weighted by atomic mass is 35.5. The molecule has 0 spiro atoms. The molecule has 7 nitrogen and oxygen atoms in total. The molecule has 0 atom stereocenters. The monoisotopic (exact) mass is 400 g/mol. The van der Waals surface area contributed by atoms with Crippen LogP contribution in [0, 0.1) is 15.9 Å². The summed E-state index contributed by atoms with van der Waals surface area (Å²) in [5, 5.41) is 17.9. The second-order valence-corrected chi connectivity index (χ2v) is 6.22. The fraction of sp³-hybridized carbons (Fsp3) is 0.0526. The van der Waals surface area contributed by atoms with Crippen LogP contribution in [0.4, 0.5) is 15.9 Å². The van der Waals surface area contributed by atoms with Crippen LogP contribution in [0.2, 0.25) is 5.02 Å². The number of nitro groups is 1. The van der Waals surface area contributed by atoms with Gasteiger partial charge in [-0.15, -0.1) is 0 Å². The molecular weight excluding hydrogens is 387 g/mol. The van der Waals surface area contributed by atoms with Gasteiger partial charge in [-0.2, -0.15) is 5.10 Å². The number of halogens is 2. The van der Waals surface area contributed by atoms with E-state index in [1.807, 2.05) is 0 Å². The van der Waals surface area contributed by atoms with Gasteiger partial charge in [0.05, 0.1) is 11.5 Å². The van der Waals surface area contributed by atoms with Crippen LogP contribution in [0.25, 0.3) is 6.08 Å². The molecule has 0 bridgehead atoms. The van der Waals surface area contributed by atoms with Crippen LogP contribution < -0.4 is 5.32 Å². The Morgan fingerprint density at radius 3 is 2.86 bits per heavy atom. The number of nitrogens with zero attached hydrogens (tertiary/aromatic N) is 3. The molecule has 1 heterocycles. The van der Waals surface area contributed by atoms with Crippen molar-refractivity contribution in [2.75, 3.05) is 5.32 Å². The number of amides is 1. The minimum absolute atomic E-state index is 0.0549. The van der Waals surface area contributed by atoms with Crippen molar-refractivity contribution in [1.82, 2.24) is 9.78 Å². The lowest BCUT2D eigenvalue weighted by atomic mass is 10.2. The molecule has 28 heavy (non-hydrogen) atoms. The van der Waals surface area contributed by atoms with E-state index in [1.54, 1.807) is 29.1 Å². The predicted octanol–water partition coefficient (Wildman–Crippen LogP) is 4.28. The molecule has 1 amide bonds. The Morgan fingerprint density at radius 1 is 1.29 bits per heavy atom. The second kappa shape index (κ2) is 8.45. The van der Waals surface area contributed by atoms with Gasteiger partial charge in [-0.05, 0) is 29.3 Å². The van der Waals surface area contributed by atoms with E-state index in [1.165, 1.54) is 42.5 Å². The van der Waals surface area contributed by atoms with Gasteiger partial charge in [0, 0.05) is 35.5 Å². The molecule has 1 aromatic heterocycles. The maximum absolute atomic E-state index is 13.1. The number of carbonyl (C=O) groups excluding carboxylic acids is 1. The van der Waals surface area contributed by atoms with Crippen LogP contribution in [-0.2, 0) is 11.3 Å². The first-order valence-corrected chi connectivity index (χ1v) is 8.49. The summed E-state index contributed by atoms with van der Waals surface area (Å²) in [6.07, 6.45) is 4.38. The van der Waals surface area contributed by atoms with Gasteiger partial charge >= 0.3 is 0 Å². The molecule has 3 rings (SSSR count). The smallest absolute Gasteiger partial charge is 0.270 e. The van der Waals surface area contributed by atoms with Crippen molar-refractivity contribution in [3.63, 3.8) is 0 Å². The zero-order valence-corrected chi connectivity index (χ0v) is 15.1. The first-order chi connectivity index (χ1) is 13.4. The Hall–Kier alpha value is -3.52. The summed E-state index contributed by atoms with van der Waals surface area (Å²) in [5.74, 6) is -0.527. The molecule has 2 aromatic carbocycles. The minimum Gasteiger partial charge on any atom is -0.306 e. The minimum atomic E-state index is -0.503. The molecule has 0 fully saturated rings. The van der Waals surface area contributed by atoms with Crippen molar-refractivity contribution in [3.05, 3.63) is 92.9 Å². The van der Waals surface area contributed by atoms with Crippen molar-refractivity contribution in [1.29, 1.82) is 0 Å². The summed E-state index contributed by atoms with van der Waals surface area (Å²) in [4.78, 5) is 22.3. The number of non-ortho nitro benzene ring substituents is 1. The third-order valence-electron chi connectivity index (χ3n) is 3.75.